The first-order chi connectivity index (χ1) is 21.0. The Labute approximate surface area is 257 Å². The van der Waals surface area contributed by atoms with Crippen LogP contribution in [0.5, 0.6) is 0 Å². The summed E-state index contributed by atoms with van der Waals surface area (Å²) in [6.45, 7) is 8.22. The zero-order chi connectivity index (χ0) is 32.0. The summed E-state index contributed by atoms with van der Waals surface area (Å²) in [5.41, 5.74) is 4.41. The number of nitrogens with zero attached hydrogens (tertiary/aromatic N) is 3. The van der Waals surface area contributed by atoms with E-state index in [2.05, 4.69) is 15.6 Å². The van der Waals surface area contributed by atoms with Crippen LogP contribution in [0, 0.1) is 6.92 Å². The van der Waals surface area contributed by atoms with E-state index in [9.17, 15) is 24.6 Å². The highest BCUT2D eigenvalue weighted by Gasteiger charge is 2.20. The van der Waals surface area contributed by atoms with Crippen LogP contribution in [-0.4, -0.2) is 62.8 Å². The summed E-state index contributed by atoms with van der Waals surface area (Å²) in [5, 5.41) is 24.9. The molecule has 3 aromatic carbocycles. The minimum atomic E-state index is -0.407. The summed E-state index contributed by atoms with van der Waals surface area (Å²) >= 11 is 0. The number of carbonyl (C=O) groups is 2. The highest BCUT2D eigenvalue weighted by Crippen LogP contribution is 2.29. The number of likely N-dealkylation sites (N-methyl/N-ethyl adjacent to an activating group) is 1. The monoisotopic (exact) mass is 597 g/mol. The van der Waals surface area contributed by atoms with Gasteiger partial charge in [0.1, 0.15) is 0 Å². The number of aliphatic hydroxyl groups is 2. The van der Waals surface area contributed by atoms with E-state index in [1.807, 2.05) is 58.0 Å². The van der Waals surface area contributed by atoms with Crippen molar-refractivity contribution in [2.45, 2.75) is 33.1 Å². The number of aromatic nitrogens is 2. The zero-order valence-electron chi connectivity index (χ0n) is 25.7. The molecule has 44 heavy (non-hydrogen) atoms. The molecule has 0 atom stereocenters. The van der Waals surface area contributed by atoms with Gasteiger partial charge >= 0.3 is 0 Å². The van der Waals surface area contributed by atoms with E-state index >= 15 is 0 Å². The third-order valence-electron chi connectivity index (χ3n) is 7.69. The molecule has 0 aliphatic rings. The quantitative estimate of drug-likeness (QED) is 0.200. The normalized spacial score (nSPS) is 11.2. The summed E-state index contributed by atoms with van der Waals surface area (Å²) in [5.74, 6) is -0.344. The Hall–Kier alpha value is -4.80. The van der Waals surface area contributed by atoms with Gasteiger partial charge in [0.25, 0.3) is 17.4 Å². The van der Waals surface area contributed by atoms with Crippen LogP contribution in [0.3, 0.4) is 0 Å². The van der Waals surface area contributed by atoms with Crippen LogP contribution < -0.4 is 16.2 Å². The van der Waals surface area contributed by atoms with Gasteiger partial charge in [0.15, 0.2) is 5.82 Å². The molecule has 0 spiro atoms. The second-order valence-corrected chi connectivity index (χ2v) is 11.3. The number of anilines is 3. The van der Waals surface area contributed by atoms with Crippen molar-refractivity contribution >= 4 is 29.0 Å². The van der Waals surface area contributed by atoms with Crippen molar-refractivity contribution in [3.8, 4) is 11.3 Å². The van der Waals surface area contributed by atoms with Crippen molar-refractivity contribution in [3.05, 3.63) is 106 Å². The minimum Gasteiger partial charge on any atom is -0.395 e. The Balaban J connectivity index is 1.56. The zero-order valence-corrected chi connectivity index (χ0v) is 25.7. The summed E-state index contributed by atoms with van der Waals surface area (Å²) < 4.78 is 1.44. The molecule has 230 valence electrons. The first-order valence-corrected chi connectivity index (χ1v) is 14.5. The minimum absolute atomic E-state index is 0.00179. The lowest BCUT2D eigenvalue weighted by atomic mass is 9.85. The number of aryl methyl sites for hydroxylation is 1. The van der Waals surface area contributed by atoms with Crippen molar-refractivity contribution in [2.75, 3.05) is 36.9 Å². The van der Waals surface area contributed by atoms with Crippen molar-refractivity contribution < 1.29 is 19.8 Å². The number of rotatable bonds is 11. The van der Waals surface area contributed by atoms with E-state index in [0.29, 0.717) is 34.7 Å². The molecule has 0 aliphatic carbocycles. The molecule has 4 rings (SSSR count). The highest BCUT2D eigenvalue weighted by molar-refractivity contribution is 6.05. The Kier molecular flexibility index (Phi) is 9.97. The Morgan fingerprint density at radius 1 is 0.977 bits per heavy atom. The fraction of sp³-hybridized carbons (Fsp3) is 0.294. The molecule has 0 bridgehead atoms. The smallest absolute Gasteiger partial charge is 0.293 e. The predicted octanol–water partition coefficient (Wildman–Crippen LogP) is 4.48. The van der Waals surface area contributed by atoms with Crippen LogP contribution in [0.1, 0.15) is 52.6 Å². The molecule has 1 heterocycles. The number of aliphatic hydroxyl groups excluding tert-OH is 2. The molecule has 0 saturated carbocycles. The van der Waals surface area contributed by atoms with Gasteiger partial charge in [-0.05, 0) is 67.4 Å². The van der Waals surface area contributed by atoms with Gasteiger partial charge in [-0.15, -0.1) is 0 Å². The molecule has 10 heteroatoms. The third-order valence-corrected chi connectivity index (χ3v) is 7.69. The molecule has 0 fully saturated rings. The third kappa shape index (κ3) is 7.04. The molecule has 1 aromatic heterocycles. The average molecular weight is 598 g/mol. The maximum Gasteiger partial charge on any atom is 0.293 e. The van der Waals surface area contributed by atoms with Crippen LogP contribution >= 0.6 is 0 Å². The summed E-state index contributed by atoms with van der Waals surface area (Å²) in [7, 11) is 1.64. The molecule has 0 aliphatic heterocycles. The standard InChI is InChI=1S/C34H39N5O5/c1-6-39(18-19-40)32(43)24-12-16-26(17-13-24)35-30-33(44)38(5)20-29(36-30)27-8-7-9-28(22(27)2)37-31(42)23-10-14-25(15-11-23)34(3,4)21-41/h7-17,20,40-41H,6,18-19,21H2,1-5H3,(H,35,36)(H,37,42). The average Bonchev–Trinajstić information content (AvgIpc) is 3.03. The van der Waals surface area contributed by atoms with E-state index < -0.39 is 5.41 Å². The van der Waals surface area contributed by atoms with Gasteiger partial charge in [-0.25, -0.2) is 4.98 Å². The van der Waals surface area contributed by atoms with Gasteiger partial charge in [0.2, 0.25) is 0 Å². The van der Waals surface area contributed by atoms with Gasteiger partial charge in [-0.2, -0.15) is 0 Å². The predicted molar refractivity (Wildman–Crippen MR) is 173 cm³/mol. The fourth-order valence-electron chi connectivity index (χ4n) is 4.76. The Bertz CT molecular complexity index is 1700. The van der Waals surface area contributed by atoms with E-state index in [0.717, 1.165) is 16.7 Å². The number of benzene rings is 3. The summed E-state index contributed by atoms with van der Waals surface area (Å²) in [4.78, 5) is 44.9. The first kappa shape index (κ1) is 32.1. The van der Waals surface area contributed by atoms with Gasteiger partial charge < -0.3 is 30.3 Å². The van der Waals surface area contributed by atoms with E-state index in [-0.39, 0.29) is 43.0 Å². The lowest BCUT2D eigenvalue weighted by Gasteiger charge is -2.22. The van der Waals surface area contributed by atoms with Crippen LogP contribution in [-0.2, 0) is 12.5 Å². The number of carbonyl (C=O) groups excluding carboxylic acids is 2. The fourth-order valence-corrected chi connectivity index (χ4v) is 4.76. The topological polar surface area (TPSA) is 137 Å². The van der Waals surface area contributed by atoms with Gasteiger partial charge in [0.05, 0.1) is 18.9 Å². The van der Waals surface area contributed by atoms with Crippen molar-refractivity contribution in [3.63, 3.8) is 0 Å². The van der Waals surface area contributed by atoms with Gasteiger partial charge in [-0.3, -0.25) is 14.4 Å². The van der Waals surface area contributed by atoms with Crippen molar-refractivity contribution in [1.82, 2.24) is 14.5 Å². The number of amides is 2. The molecule has 0 saturated heterocycles. The molecule has 4 aromatic rings. The second kappa shape index (κ2) is 13.7. The maximum absolute atomic E-state index is 13.1. The van der Waals surface area contributed by atoms with E-state index in [1.165, 1.54) is 4.57 Å². The SMILES string of the molecule is CCN(CCO)C(=O)c1ccc(Nc2nc(-c3cccc(NC(=O)c4ccc(C(C)(C)CO)cc4)c3C)cn(C)c2=O)cc1. The summed E-state index contributed by atoms with van der Waals surface area (Å²) in [6, 6.07) is 19.4. The molecule has 2 amide bonds. The lowest BCUT2D eigenvalue weighted by molar-refractivity contribution is 0.0732. The van der Waals surface area contributed by atoms with Crippen LogP contribution in [0.25, 0.3) is 11.3 Å². The number of hydrogen-bond acceptors (Lipinski definition) is 7. The van der Waals surface area contributed by atoms with Crippen LogP contribution in [0.2, 0.25) is 0 Å². The van der Waals surface area contributed by atoms with Gasteiger partial charge in [-0.1, -0.05) is 38.1 Å². The van der Waals surface area contributed by atoms with Crippen LogP contribution in [0.4, 0.5) is 17.2 Å². The number of hydrogen-bond donors (Lipinski definition) is 4. The molecular formula is C34H39N5O5. The number of nitrogens with one attached hydrogen (secondary N) is 2. The van der Waals surface area contributed by atoms with Crippen molar-refractivity contribution in [2.24, 2.45) is 7.05 Å². The highest BCUT2D eigenvalue weighted by atomic mass is 16.3. The largest absolute Gasteiger partial charge is 0.395 e. The maximum atomic E-state index is 13.1. The lowest BCUT2D eigenvalue weighted by Crippen LogP contribution is -2.33. The molecular weight excluding hydrogens is 558 g/mol. The molecule has 0 radical (unpaired) electrons. The molecule has 0 unspecified atom stereocenters. The second-order valence-electron chi connectivity index (χ2n) is 11.3. The van der Waals surface area contributed by atoms with Crippen LogP contribution in [0.15, 0.2) is 77.7 Å². The Morgan fingerprint density at radius 2 is 1.64 bits per heavy atom. The first-order valence-electron chi connectivity index (χ1n) is 14.5. The van der Waals surface area contributed by atoms with Gasteiger partial charge in [0, 0.05) is 59.8 Å². The Morgan fingerprint density at radius 3 is 2.25 bits per heavy atom. The molecule has 4 N–H and O–H groups in total. The van der Waals surface area contributed by atoms with E-state index in [4.69, 9.17) is 0 Å². The molecule has 10 nitrogen and oxygen atoms in total. The summed E-state index contributed by atoms with van der Waals surface area (Å²) in [6.07, 6.45) is 1.64. The van der Waals surface area contributed by atoms with E-state index in [1.54, 1.807) is 54.5 Å². The van der Waals surface area contributed by atoms with Crippen molar-refractivity contribution in [1.29, 1.82) is 0 Å².